The van der Waals surface area contributed by atoms with Crippen LogP contribution < -0.4 is 10.6 Å². The number of benzene rings is 2. The largest absolute Gasteiger partial charge is 0.347 e. The molecule has 0 spiro atoms. The van der Waals surface area contributed by atoms with Gasteiger partial charge in [0.1, 0.15) is 0 Å². The molecule has 3 aromatic rings. The van der Waals surface area contributed by atoms with Crippen LogP contribution in [-0.4, -0.2) is 28.1 Å². The first-order chi connectivity index (χ1) is 13.1. The summed E-state index contributed by atoms with van der Waals surface area (Å²) in [6.07, 6.45) is 1.69. The molecule has 1 heterocycles. The van der Waals surface area contributed by atoms with Gasteiger partial charge in [0.05, 0.1) is 0 Å². The summed E-state index contributed by atoms with van der Waals surface area (Å²) in [5.74, 6) is -0.693. The number of rotatable bonds is 7. The monoisotopic (exact) mass is 380 g/mol. The Morgan fingerprint density at radius 1 is 0.926 bits per heavy atom. The molecule has 2 aromatic carbocycles. The number of carbonyl (C=O) groups excluding carboxylic acids is 2. The van der Waals surface area contributed by atoms with Gasteiger partial charge in [0.15, 0.2) is 0 Å². The lowest BCUT2D eigenvalue weighted by atomic mass is 10.1. The number of aryl methyl sites for hydroxylation is 1. The Hall–Kier alpha value is -3.06. The number of anilines is 1. The Morgan fingerprint density at radius 3 is 2.19 bits per heavy atom. The molecule has 0 aliphatic rings. The molecule has 0 saturated heterocycles. The summed E-state index contributed by atoms with van der Waals surface area (Å²) >= 11 is 0.978. The predicted molar refractivity (Wildman–Crippen MR) is 106 cm³/mol. The van der Waals surface area contributed by atoms with Crippen molar-refractivity contribution in [2.75, 3.05) is 5.32 Å². The van der Waals surface area contributed by atoms with E-state index in [1.165, 1.54) is 5.56 Å². The molecule has 6 nitrogen and oxygen atoms in total. The van der Waals surface area contributed by atoms with E-state index >= 15 is 0 Å². The summed E-state index contributed by atoms with van der Waals surface area (Å²) in [6.45, 7) is 1.95. The molecule has 1 atom stereocenters. The fraction of sp³-hybridized carbons (Fsp3) is 0.200. The number of hydrogen-bond acceptors (Lipinski definition) is 5. The number of aromatic nitrogens is 2. The van der Waals surface area contributed by atoms with E-state index in [2.05, 4.69) is 33.0 Å². The molecule has 0 fully saturated rings. The van der Waals surface area contributed by atoms with Gasteiger partial charge in [0.25, 0.3) is 11.8 Å². The maximum Gasteiger partial charge on any atom is 0.286 e. The second kappa shape index (κ2) is 9.05. The lowest BCUT2D eigenvalue weighted by Crippen LogP contribution is -2.32. The van der Waals surface area contributed by atoms with Gasteiger partial charge < -0.3 is 10.6 Å². The zero-order chi connectivity index (χ0) is 19.1. The van der Waals surface area contributed by atoms with Crippen molar-refractivity contribution in [1.82, 2.24) is 15.5 Å². The van der Waals surface area contributed by atoms with Crippen LogP contribution in [0.3, 0.4) is 0 Å². The van der Waals surface area contributed by atoms with Crippen LogP contribution in [0.1, 0.15) is 38.5 Å². The van der Waals surface area contributed by atoms with Gasteiger partial charge in [0.2, 0.25) is 10.0 Å². The molecule has 2 amide bonds. The van der Waals surface area contributed by atoms with Crippen LogP contribution in [0.15, 0.2) is 60.7 Å². The lowest BCUT2D eigenvalue weighted by Gasteiger charge is -2.12. The predicted octanol–water partition coefficient (Wildman–Crippen LogP) is 3.54. The minimum Gasteiger partial charge on any atom is -0.347 e. The van der Waals surface area contributed by atoms with Crippen molar-refractivity contribution < 1.29 is 9.59 Å². The van der Waals surface area contributed by atoms with E-state index in [0.29, 0.717) is 5.69 Å². The van der Waals surface area contributed by atoms with E-state index in [1.54, 1.807) is 12.1 Å². The van der Waals surface area contributed by atoms with E-state index in [9.17, 15) is 9.59 Å². The highest BCUT2D eigenvalue weighted by atomic mass is 32.1. The summed E-state index contributed by atoms with van der Waals surface area (Å²) in [4.78, 5) is 24.5. The van der Waals surface area contributed by atoms with Gasteiger partial charge in [-0.25, -0.2) is 0 Å². The molecule has 0 bridgehead atoms. The number of carbonyl (C=O) groups is 2. The normalized spacial score (nSPS) is 11.6. The highest BCUT2D eigenvalue weighted by molar-refractivity contribution is 7.15. The molecular weight excluding hydrogens is 360 g/mol. The minimum atomic E-state index is -0.380. The third-order valence-electron chi connectivity index (χ3n) is 3.93. The van der Waals surface area contributed by atoms with E-state index in [1.807, 2.05) is 43.3 Å². The van der Waals surface area contributed by atoms with E-state index in [4.69, 9.17) is 0 Å². The summed E-state index contributed by atoms with van der Waals surface area (Å²) < 4.78 is 0. The molecule has 0 saturated carbocycles. The second-order valence-corrected chi connectivity index (χ2v) is 7.11. The van der Waals surface area contributed by atoms with Crippen LogP contribution in [0.25, 0.3) is 0 Å². The van der Waals surface area contributed by atoms with Gasteiger partial charge >= 0.3 is 0 Å². The van der Waals surface area contributed by atoms with Crippen molar-refractivity contribution in [3.05, 3.63) is 76.2 Å². The molecule has 138 valence electrons. The number of amides is 2. The molecule has 0 radical (unpaired) electrons. The van der Waals surface area contributed by atoms with Crippen LogP contribution >= 0.6 is 11.3 Å². The smallest absolute Gasteiger partial charge is 0.286 e. The Labute approximate surface area is 161 Å². The topological polar surface area (TPSA) is 84.0 Å². The first kappa shape index (κ1) is 18.7. The van der Waals surface area contributed by atoms with Crippen molar-refractivity contribution in [2.45, 2.75) is 25.8 Å². The fourth-order valence-corrected chi connectivity index (χ4v) is 3.14. The zero-order valence-electron chi connectivity index (χ0n) is 14.9. The van der Waals surface area contributed by atoms with Gasteiger partial charge in [-0.05, 0) is 37.5 Å². The first-order valence-corrected chi connectivity index (χ1v) is 9.48. The molecule has 0 aliphatic heterocycles. The SMILES string of the molecule is CC(CCc1ccccc1)NC(=O)c1nnc(C(=O)Nc2ccccc2)s1. The van der Waals surface area contributed by atoms with Crippen molar-refractivity contribution in [2.24, 2.45) is 0 Å². The first-order valence-electron chi connectivity index (χ1n) is 8.66. The summed E-state index contributed by atoms with van der Waals surface area (Å²) in [7, 11) is 0. The molecule has 7 heteroatoms. The molecular formula is C20H20N4O2S. The van der Waals surface area contributed by atoms with E-state index < -0.39 is 0 Å². The van der Waals surface area contributed by atoms with Crippen molar-refractivity contribution in [3.8, 4) is 0 Å². The zero-order valence-corrected chi connectivity index (χ0v) is 15.7. The van der Waals surface area contributed by atoms with Crippen LogP contribution in [-0.2, 0) is 6.42 Å². The average Bonchev–Trinajstić information content (AvgIpc) is 3.19. The highest BCUT2D eigenvalue weighted by Crippen LogP contribution is 2.14. The van der Waals surface area contributed by atoms with Crippen molar-refractivity contribution in [1.29, 1.82) is 0 Å². The van der Waals surface area contributed by atoms with Crippen LogP contribution in [0.4, 0.5) is 5.69 Å². The third kappa shape index (κ3) is 5.46. The van der Waals surface area contributed by atoms with Gasteiger partial charge in [-0.3, -0.25) is 9.59 Å². The van der Waals surface area contributed by atoms with Gasteiger partial charge in [-0.2, -0.15) is 0 Å². The maximum atomic E-state index is 12.3. The maximum absolute atomic E-state index is 12.3. The summed E-state index contributed by atoms with van der Waals surface area (Å²) in [5.41, 5.74) is 1.90. The fourth-order valence-electron chi connectivity index (χ4n) is 2.50. The second-order valence-electron chi connectivity index (χ2n) is 6.13. The standard InChI is InChI=1S/C20H20N4O2S/c1-14(12-13-15-8-4-2-5-9-15)21-17(25)19-23-24-20(27-19)18(26)22-16-10-6-3-7-11-16/h2-11,14H,12-13H2,1H3,(H,21,25)(H,22,26). The van der Waals surface area contributed by atoms with Gasteiger partial charge in [-0.1, -0.05) is 59.9 Å². The number of para-hydroxylation sites is 1. The molecule has 0 aliphatic carbocycles. The van der Waals surface area contributed by atoms with E-state index in [0.717, 1.165) is 24.2 Å². The molecule has 1 aromatic heterocycles. The molecule has 27 heavy (non-hydrogen) atoms. The van der Waals surface area contributed by atoms with Crippen LogP contribution in [0.5, 0.6) is 0 Å². The Balaban J connectivity index is 1.52. The number of nitrogens with zero attached hydrogens (tertiary/aromatic N) is 2. The molecule has 3 rings (SSSR count). The quantitative estimate of drug-likeness (QED) is 0.657. The van der Waals surface area contributed by atoms with Gasteiger partial charge in [-0.15, -0.1) is 10.2 Å². The average molecular weight is 380 g/mol. The Kier molecular flexibility index (Phi) is 6.27. The number of hydrogen-bond donors (Lipinski definition) is 2. The minimum absolute atomic E-state index is 0.0109. The third-order valence-corrected chi connectivity index (χ3v) is 4.85. The van der Waals surface area contributed by atoms with Crippen LogP contribution in [0.2, 0.25) is 0 Å². The van der Waals surface area contributed by atoms with Crippen LogP contribution in [0, 0.1) is 0 Å². The van der Waals surface area contributed by atoms with Crippen molar-refractivity contribution >= 4 is 28.8 Å². The number of nitrogens with one attached hydrogen (secondary N) is 2. The Bertz CT molecular complexity index is 897. The lowest BCUT2D eigenvalue weighted by molar-refractivity contribution is 0.0936. The van der Waals surface area contributed by atoms with E-state index in [-0.39, 0.29) is 27.9 Å². The summed E-state index contributed by atoms with van der Waals surface area (Å²) in [6, 6.07) is 19.2. The van der Waals surface area contributed by atoms with Gasteiger partial charge in [0, 0.05) is 11.7 Å². The molecule has 2 N–H and O–H groups in total. The highest BCUT2D eigenvalue weighted by Gasteiger charge is 2.18. The molecule has 1 unspecified atom stereocenters. The Morgan fingerprint density at radius 2 is 1.52 bits per heavy atom. The summed E-state index contributed by atoms with van der Waals surface area (Å²) in [5, 5.41) is 13.6. The van der Waals surface area contributed by atoms with Crippen molar-refractivity contribution in [3.63, 3.8) is 0 Å².